The van der Waals surface area contributed by atoms with Crippen LogP contribution in [0, 0.1) is 15.9 Å². The maximum atomic E-state index is 13.6. The third kappa shape index (κ3) is 2.85. The van der Waals surface area contributed by atoms with Crippen LogP contribution in [-0.2, 0) is 13.6 Å². The molecule has 7 nitrogen and oxygen atoms in total. The molecule has 2 aromatic rings. The maximum absolute atomic E-state index is 13.6. The van der Waals surface area contributed by atoms with Gasteiger partial charge in [-0.2, -0.15) is 0 Å². The lowest BCUT2D eigenvalue weighted by molar-refractivity contribution is -0.491. The molecule has 0 N–H and O–H groups in total. The average Bonchev–Trinajstić information content (AvgIpc) is 2.71. The molecular weight excluding hydrogens is 267 g/mol. The zero-order valence-electron chi connectivity index (χ0n) is 11.0. The molecule has 0 aliphatic rings. The minimum Gasteiger partial charge on any atom is -0.494 e. The molecule has 2 rings (SSSR count). The summed E-state index contributed by atoms with van der Waals surface area (Å²) >= 11 is 0. The van der Waals surface area contributed by atoms with Gasteiger partial charge in [-0.1, -0.05) is 6.07 Å². The van der Waals surface area contributed by atoms with Crippen LogP contribution in [0.4, 0.5) is 4.39 Å². The molecule has 106 valence electrons. The van der Waals surface area contributed by atoms with Crippen molar-refractivity contribution in [3.05, 3.63) is 57.7 Å². The number of aromatic nitrogens is 2. The lowest BCUT2D eigenvalue weighted by Crippen LogP contribution is -2.26. The van der Waals surface area contributed by atoms with E-state index < -0.39 is 10.8 Å². The first-order valence-electron chi connectivity index (χ1n) is 5.74. The molecule has 0 saturated carbocycles. The molecule has 0 radical (unpaired) electrons. The molecule has 0 aliphatic carbocycles. The number of nitrogens with zero attached hydrogens (tertiary/aromatic N) is 4. The smallest absolute Gasteiger partial charge is 0.282 e. The van der Waals surface area contributed by atoms with E-state index in [2.05, 4.69) is 5.10 Å². The highest BCUT2D eigenvalue weighted by molar-refractivity contribution is 5.29. The summed E-state index contributed by atoms with van der Waals surface area (Å²) in [5, 5.41) is 13.0. The Morgan fingerprint density at radius 3 is 2.80 bits per heavy atom. The summed E-state index contributed by atoms with van der Waals surface area (Å²) in [6, 6.07) is 4.53. The first-order chi connectivity index (χ1) is 9.51. The van der Waals surface area contributed by atoms with Crippen LogP contribution in [0.15, 0.2) is 35.7 Å². The van der Waals surface area contributed by atoms with Gasteiger partial charge in [-0.25, -0.2) is 14.5 Å². The van der Waals surface area contributed by atoms with Crippen molar-refractivity contribution < 1.29 is 14.2 Å². The Morgan fingerprint density at radius 2 is 2.20 bits per heavy atom. The van der Waals surface area contributed by atoms with Crippen LogP contribution in [0.1, 0.15) is 5.56 Å². The highest BCUT2D eigenvalue weighted by Crippen LogP contribution is 2.17. The molecule has 1 aromatic carbocycles. The number of imidazole rings is 1. The predicted molar refractivity (Wildman–Crippen MR) is 68.0 cm³/mol. The monoisotopic (exact) mass is 280 g/mol. The SMILES string of the molecule is COc1ccc(Cn2ccn(C)c2=N[N+](=O)[O-])cc1F. The van der Waals surface area contributed by atoms with Gasteiger partial charge in [0.15, 0.2) is 16.6 Å². The number of hydrogen-bond acceptors (Lipinski definition) is 3. The van der Waals surface area contributed by atoms with E-state index in [4.69, 9.17) is 4.74 Å². The van der Waals surface area contributed by atoms with Crippen LogP contribution in [0.3, 0.4) is 0 Å². The van der Waals surface area contributed by atoms with E-state index >= 15 is 0 Å². The van der Waals surface area contributed by atoms with Gasteiger partial charge in [-0.05, 0) is 17.7 Å². The van der Waals surface area contributed by atoms with E-state index in [1.807, 2.05) is 0 Å². The van der Waals surface area contributed by atoms with Gasteiger partial charge in [-0.3, -0.25) is 0 Å². The second-order valence-corrected chi connectivity index (χ2v) is 4.14. The highest BCUT2D eigenvalue weighted by atomic mass is 19.1. The van der Waals surface area contributed by atoms with Crippen LogP contribution >= 0.6 is 0 Å². The van der Waals surface area contributed by atoms with Crippen LogP contribution in [0.5, 0.6) is 5.75 Å². The largest absolute Gasteiger partial charge is 0.494 e. The van der Waals surface area contributed by atoms with Gasteiger partial charge >= 0.3 is 0 Å². The van der Waals surface area contributed by atoms with Crippen molar-refractivity contribution in [2.75, 3.05) is 7.11 Å². The number of ether oxygens (including phenoxy) is 1. The summed E-state index contributed by atoms with van der Waals surface area (Å²) < 4.78 is 21.5. The zero-order valence-corrected chi connectivity index (χ0v) is 11.0. The van der Waals surface area contributed by atoms with Crippen molar-refractivity contribution in [1.29, 1.82) is 0 Å². The molecule has 0 aliphatic heterocycles. The topological polar surface area (TPSA) is 74.6 Å². The third-order valence-electron chi connectivity index (χ3n) is 2.78. The van der Waals surface area contributed by atoms with Crippen molar-refractivity contribution in [3.63, 3.8) is 0 Å². The Morgan fingerprint density at radius 1 is 1.45 bits per heavy atom. The Kier molecular flexibility index (Phi) is 3.83. The molecule has 0 spiro atoms. The molecule has 1 heterocycles. The van der Waals surface area contributed by atoms with Gasteiger partial charge in [0.2, 0.25) is 0 Å². The van der Waals surface area contributed by atoms with Gasteiger partial charge < -0.3 is 13.9 Å². The quantitative estimate of drug-likeness (QED) is 0.622. The van der Waals surface area contributed by atoms with Crippen LogP contribution in [-0.4, -0.2) is 21.3 Å². The summed E-state index contributed by atoms with van der Waals surface area (Å²) in [6.45, 7) is 0.272. The van der Waals surface area contributed by atoms with E-state index in [9.17, 15) is 14.5 Å². The van der Waals surface area contributed by atoms with Crippen LogP contribution < -0.4 is 10.4 Å². The van der Waals surface area contributed by atoms with Crippen molar-refractivity contribution in [2.45, 2.75) is 6.54 Å². The van der Waals surface area contributed by atoms with Crippen molar-refractivity contribution in [2.24, 2.45) is 12.1 Å². The summed E-state index contributed by atoms with van der Waals surface area (Å²) in [6.07, 6.45) is 3.28. The molecule has 1 aromatic heterocycles. The molecule has 8 heteroatoms. The number of hydrogen-bond donors (Lipinski definition) is 0. The number of aryl methyl sites for hydroxylation is 1. The van der Waals surface area contributed by atoms with E-state index in [0.29, 0.717) is 5.56 Å². The van der Waals surface area contributed by atoms with Gasteiger partial charge in [0.25, 0.3) is 5.62 Å². The van der Waals surface area contributed by atoms with Gasteiger partial charge in [0.1, 0.15) is 5.10 Å². The number of halogens is 1. The maximum Gasteiger partial charge on any atom is 0.282 e. The van der Waals surface area contributed by atoms with Gasteiger partial charge in [0, 0.05) is 19.4 Å². The number of nitro groups is 1. The van der Waals surface area contributed by atoms with Crippen LogP contribution in [0.25, 0.3) is 0 Å². The molecule has 20 heavy (non-hydrogen) atoms. The molecule has 0 saturated heterocycles. The summed E-state index contributed by atoms with van der Waals surface area (Å²) in [5.74, 6) is -0.323. The summed E-state index contributed by atoms with van der Waals surface area (Å²) in [5.41, 5.74) is 0.825. The molecule has 0 atom stereocenters. The fourth-order valence-electron chi connectivity index (χ4n) is 1.85. The number of rotatable bonds is 4. The molecule has 0 fully saturated rings. The van der Waals surface area contributed by atoms with Crippen molar-refractivity contribution in [1.82, 2.24) is 9.13 Å². The summed E-state index contributed by atoms with van der Waals surface area (Å²) in [4.78, 5) is 10.5. The van der Waals surface area contributed by atoms with E-state index in [0.717, 1.165) is 0 Å². The van der Waals surface area contributed by atoms with Gasteiger partial charge in [-0.15, -0.1) is 0 Å². The first kappa shape index (κ1) is 13.8. The molecule has 0 bridgehead atoms. The Labute approximate surface area is 113 Å². The summed E-state index contributed by atoms with van der Waals surface area (Å²) in [7, 11) is 3.03. The average molecular weight is 280 g/mol. The predicted octanol–water partition coefficient (Wildman–Crippen LogP) is 1.11. The third-order valence-corrected chi connectivity index (χ3v) is 2.78. The lowest BCUT2D eigenvalue weighted by Gasteiger charge is -2.06. The van der Waals surface area contributed by atoms with Crippen molar-refractivity contribution in [3.8, 4) is 5.75 Å². The fraction of sp³-hybridized carbons (Fsp3) is 0.250. The van der Waals surface area contributed by atoms with E-state index in [1.165, 1.54) is 23.8 Å². The Balaban J connectivity index is 2.36. The van der Waals surface area contributed by atoms with E-state index in [1.54, 1.807) is 30.1 Å². The molecule has 0 amide bonds. The Bertz CT molecular complexity index is 705. The van der Waals surface area contributed by atoms with Gasteiger partial charge in [0.05, 0.1) is 13.7 Å². The number of benzene rings is 1. The normalized spacial score (nSPS) is 11.7. The second-order valence-electron chi connectivity index (χ2n) is 4.14. The lowest BCUT2D eigenvalue weighted by atomic mass is 10.2. The number of methoxy groups -OCH3 is 1. The first-order valence-corrected chi connectivity index (χ1v) is 5.74. The standard InChI is InChI=1S/C12H13FN4O3/c1-15-5-6-16(12(15)14-17(18)19)8-9-3-4-11(20-2)10(13)7-9/h3-7H,8H2,1-2H3. The second kappa shape index (κ2) is 5.55. The van der Waals surface area contributed by atoms with E-state index in [-0.39, 0.29) is 17.9 Å². The minimum absolute atomic E-state index is 0.155. The van der Waals surface area contributed by atoms with Crippen molar-refractivity contribution >= 4 is 0 Å². The van der Waals surface area contributed by atoms with Crippen LogP contribution in [0.2, 0.25) is 0 Å². The fourth-order valence-corrected chi connectivity index (χ4v) is 1.85. The molecular formula is C12H13FN4O3. The minimum atomic E-state index is -0.763. The highest BCUT2D eigenvalue weighted by Gasteiger charge is 2.07. The Hall–Kier alpha value is -2.64. The molecule has 0 unspecified atom stereocenters. The zero-order chi connectivity index (χ0) is 14.7.